The summed E-state index contributed by atoms with van der Waals surface area (Å²) in [5, 5.41) is 1.35. The first kappa shape index (κ1) is 22.5. The van der Waals surface area contributed by atoms with Crippen LogP contribution in [0.1, 0.15) is 44.1 Å². The lowest BCUT2D eigenvalue weighted by Crippen LogP contribution is -2.42. The van der Waals surface area contributed by atoms with E-state index in [1.807, 2.05) is 12.1 Å². The average Bonchev–Trinajstić information content (AvgIpc) is 3.09. The molecule has 1 aromatic carbocycles. The highest BCUT2D eigenvalue weighted by Crippen LogP contribution is 2.28. The second kappa shape index (κ2) is 10.7. The summed E-state index contributed by atoms with van der Waals surface area (Å²) < 4.78 is 9.42. The van der Waals surface area contributed by atoms with Gasteiger partial charge in [-0.1, -0.05) is 42.1 Å². The van der Waals surface area contributed by atoms with Crippen molar-refractivity contribution in [3.05, 3.63) is 45.6 Å². The molecular weight excluding hydrogens is 405 g/mol. The highest BCUT2D eigenvalue weighted by Gasteiger charge is 2.46. The molecule has 1 heterocycles. The molecule has 1 unspecified atom stereocenters. The highest BCUT2D eigenvalue weighted by atomic mass is 35.5. The standard InChI is InChI=1S/C20H25Cl2NO5/c1-26-18(24)13-20(19(25)27-2)12-16(23-28-20)8-6-4-3-5-7-14-9-10-15(21)11-17(14)22/h9-12,23H,3-8,13H2,1-2H3. The van der Waals surface area contributed by atoms with Gasteiger partial charge in [-0.3, -0.25) is 15.1 Å². The number of nitrogens with one attached hydrogen (secondary N) is 1. The largest absolute Gasteiger partial charge is 0.469 e. The lowest BCUT2D eigenvalue weighted by molar-refractivity contribution is -0.173. The van der Waals surface area contributed by atoms with E-state index in [0.29, 0.717) is 16.5 Å². The van der Waals surface area contributed by atoms with E-state index in [2.05, 4.69) is 10.2 Å². The molecule has 1 N–H and O–H groups in total. The van der Waals surface area contributed by atoms with Crippen molar-refractivity contribution in [3.63, 3.8) is 0 Å². The number of carbonyl (C=O) groups is 2. The summed E-state index contributed by atoms with van der Waals surface area (Å²) in [6.45, 7) is 0. The normalized spacial score (nSPS) is 18.4. The molecule has 2 rings (SSSR count). The molecular formula is C20H25Cl2NO5. The SMILES string of the molecule is COC(=O)CC1(C(=O)OC)C=C(CCCCCCc2ccc(Cl)cc2Cl)NO1. The molecule has 0 radical (unpaired) electrons. The van der Waals surface area contributed by atoms with Crippen LogP contribution >= 0.6 is 23.2 Å². The number of benzene rings is 1. The maximum atomic E-state index is 12.1. The Morgan fingerprint density at radius 3 is 2.43 bits per heavy atom. The Labute approximate surface area is 175 Å². The lowest BCUT2D eigenvalue weighted by Gasteiger charge is -2.20. The first-order valence-corrected chi connectivity index (χ1v) is 9.90. The third-order valence-electron chi connectivity index (χ3n) is 4.59. The van der Waals surface area contributed by atoms with Gasteiger partial charge in [0.05, 0.1) is 20.6 Å². The summed E-state index contributed by atoms with van der Waals surface area (Å²) in [5.74, 6) is -1.19. The molecule has 0 aliphatic carbocycles. The first-order valence-electron chi connectivity index (χ1n) is 9.15. The third-order valence-corrected chi connectivity index (χ3v) is 5.18. The minimum Gasteiger partial charge on any atom is -0.469 e. The summed E-state index contributed by atoms with van der Waals surface area (Å²) in [5.41, 5.74) is 3.14. The zero-order valence-corrected chi connectivity index (χ0v) is 17.6. The van der Waals surface area contributed by atoms with E-state index >= 15 is 0 Å². The van der Waals surface area contributed by atoms with E-state index in [1.54, 1.807) is 12.1 Å². The number of aryl methyl sites for hydroxylation is 1. The van der Waals surface area contributed by atoms with Crippen LogP contribution in [0.2, 0.25) is 10.0 Å². The Hall–Kier alpha value is -1.76. The molecule has 8 heteroatoms. The third kappa shape index (κ3) is 6.12. The number of carbonyl (C=O) groups excluding carboxylic acids is 2. The van der Waals surface area contributed by atoms with Crippen molar-refractivity contribution in [2.45, 2.75) is 50.5 Å². The Kier molecular flexibility index (Phi) is 8.60. The lowest BCUT2D eigenvalue weighted by atomic mass is 9.97. The zero-order valence-electron chi connectivity index (χ0n) is 16.1. The molecule has 1 aromatic rings. The molecule has 0 bridgehead atoms. The summed E-state index contributed by atoms with van der Waals surface area (Å²) in [7, 11) is 2.51. The molecule has 0 fully saturated rings. The number of hydrogen-bond donors (Lipinski definition) is 1. The smallest absolute Gasteiger partial charge is 0.345 e. The number of rotatable bonds is 10. The zero-order chi connectivity index (χ0) is 20.6. The molecule has 154 valence electrons. The quantitative estimate of drug-likeness (QED) is 0.439. The van der Waals surface area contributed by atoms with Gasteiger partial charge in [0.25, 0.3) is 0 Å². The van der Waals surface area contributed by atoms with Gasteiger partial charge in [0.15, 0.2) is 0 Å². The molecule has 0 saturated heterocycles. The van der Waals surface area contributed by atoms with Crippen molar-refractivity contribution in [1.82, 2.24) is 5.48 Å². The predicted octanol–water partition coefficient (Wildman–Crippen LogP) is 4.38. The van der Waals surface area contributed by atoms with Gasteiger partial charge in [0.1, 0.15) is 0 Å². The van der Waals surface area contributed by atoms with Crippen molar-refractivity contribution < 1.29 is 23.9 Å². The Balaban J connectivity index is 1.77. The van der Waals surface area contributed by atoms with Gasteiger partial charge in [-0.15, -0.1) is 0 Å². The van der Waals surface area contributed by atoms with Crippen molar-refractivity contribution in [2.75, 3.05) is 14.2 Å². The predicted molar refractivity (Wildman–Crippen MR) is 107 cm³/mol. The maximum absolute atomic E-state index is 12.1. The second-order valence-corrected chi connectivity index (χ2v) is 7.50. The van der Waals surface area contributed by atoms with Gasteiger partial charge in [0, 0.05) is 15.7 Å². The molecule has 6 nitrogen and oxygen atoms in total. The van der Waals surface area contributed by atoms with Crippen LogP contribution in [0.4, 0.5) is 0 Å². The maximum Gasteiger partial charge on any atom is 0.345 e. The van der Waals surface area contributed by atoms with Gasteiger partial charge < -0.3 is 9.47 Å². The molecule has 1 aliphatic rings. The number of ether oxygens (including phenoxy) is 2. The topological polar surface area (TPSA) is 73.9 Å². The van der Waals surface area contributed by atoms with Gasteiger partial charge in [0.2, 0.25) is 5.60 Å². The highest BCUT2D eigenvalue weighted by molar-refractivity contribution is 6.35. The number of halogens is 2. The number of methoxy groups -OCH3 is 2. The summed E-state index contributed by atoms with van der Waals surface area (Å²) >= 11 is 12.1. The van der Waals surface area contributed by atoms with Crippen LogP contribution in [-0.4, -0.2) is 31.8 Å². The number of esters is 2. The van der Waals surface area contributed by atoms with E-state index in [9.17, 15) is 9.59 Å². The monoisotopic (exact) mass is 429 g/mol. The van der Waals surface area contributed by atoms with E-state index in [1.165, 1.54) is 14.2 Å². The van der Waals surface area contributed by atoms with Gasteiger partial charge in [-0.25, -0.2) is 4.79 Å². The number of unbranched alkanes of at least 4 members (excludes halogenated alkanes) is 3. The minimum absolute atomic E-state index is 0.242. The summed E-state index contributed by atoms with van der Waals surface area (Å²) in [4.78, 5) is 29.1. The van der Waals surface area contributed by atoms with E-state index < -0.39 is 17.5 Å². The molecule has 1 aliphatic heterocycles. The van der Waals surface area contributed by atoms with Crippen molar-refractivity contribution in [1.29, 1.82) is 0 Å². The fraction of sp³-hybridized carbons (Fsp3) is 0.500. The molecule has 1 atom stereocenters. The van der Waals surface area contributed by atoms with E-state index in [4.69, 9.17) is 32.8 Å². The fourth-order valence-corrected chi connectivity index (χ4v) is 3.55. The van der Waals surface area contributed by atoms with Crippen LogP contribution in [0.3, 0.4) is 0 Å². The molecule has 0 saturated carbocycles. The van der Waals surface area contributed by atoms with Crippen LogP contribution in [-0.2, 0) is 30.3 Å². The average molecular weight is 430 g/mol. The van der Waals surface area contributed by atoms with Gasteiger partial charge in [-0.2, -0.15) is 0 Å². The molecule has 0 spiro atoms. The molecule has 0 amide bonds. The van der Waals surface area contributed by atoms with Crippen LogP contribution < -0.4 is 5.48 Å². The van der Waals surface area contributed by atoms with Crippen LogP contribution in [0.15, 0.2) is 30.0 Å². The van der Waals surface area contributed by atoms with E-state index in [0.717, 1.165) is 43.4 Å². The van der Waals surface area contributed by atoms with Gasteiger partial charge >= 0.3 is 11.9 Å². The Bertz CT molecular complexity index is 737. The summed E-state index contributed by atoms with van der Waals surface area (Å²) in [6, 6.07) is 5.57. The summed E-state index contributed by atoms with van der Waals surface area (Å²) in [6.07, 6.45) is 7.01. The van der Waals surface area contributed by atoms with Crippen LogP contribution in [0, 0.1) is 0 Å². The fourth-order valence-electron chi connectivity index (χ4n) is 3.05. The van der Waals surface area contributed by atoms with Gasteiger partial charge in [-0.05, 0) is 49.5 Å². The van der Waals surface area contributed by atoms with Crippen molar-refractivity contribution in [3.8, 4) is 0 Å². The van der Waals surface area contributed by atoms with Crippen LogP contribution in [0.25, 0.3) is 0 Å². The van der Waals surface area contributed by atoms with Crippen molar-refractivity contribution in [2.24, 2.45) is 0 Å². The molecule has 28 heavy (non-hydrogen) atoms. The van der Waals surface area contributed by atoms with Crippen LogP contribution in [0.5, 0.6) is 0 Å². The second-order valence-electron chi connectivity index (χ2n) is 6.66. The van der Waals surface area contributed by atoms with E-state index in [-0.39, 0.29) is 6.42 Å². The number of hydroxylamine groups is 1. The first-order chi connectivity index (χ1) is 13.4. The van der Waals surface area contributed by atoms with Crippen molar-refractivity contribution >= 4 is 35.1 Å². The minimum atomic E-state index is -1.47. The molecule has 0 aromatic heterocycles. The number of hydrogen-bond acceptors (Lipinski definition) is 6. The number of allylic oxidation sites excluding steroid dienone is 1. The Morgan fingerprint density at radius 1 is 1.07 bits per heavy atom. The Morgan fingerprint density at radius 2 is 1.79 bits per heavy atom.